The highest BCUT2D eigenvalue weighted by atomic mass is 16.5. The Morgan fingerprint density at radius 2 is 1.83 bits per heavy atom. The molecular formula is C18H17N3O2. The zero-order valence-electron chi connectivity index (χ0n) is 12.8. The molecule has 2 N–H and O–H groups in total. The molecule has 0 radical (unpaired) electrons. The summed E-state index contributed by atoms with van der Waals surface area (Å²) in [6.07, 6.45) is 0. The van der Waals surface area contributed by atoms with E-state index < -0.39 is 5.91 Å². The van der Waals surface area contributed by atoms with Gasteiger partial charge in [-0.05, 0) is 23.8 Å². The SMILES string of the molecule is COc1ccc(Cn2nc(-c3ccccc3)cc2C(N)=O)cc1. The van der Waals surface area contributed by atoms with Crippen LogP contribution in [0.3, 0.4) is 0 Å². The van der Waals surface area contributed by atoms with E-state index in [0.717, 1.165) is 22.6 Å². The number of benzene rings is 2. The summed E-state index contributed by atoms with van der Waals surface area (Å²) in [5, 5.41) is 4.52. The van der Waals surface area contributed by atoms with Crippen molar-refractivity contribution in [3.8, 4) is 17.0 Å². The lowest BCUT2D eigenvalue weighted by atomic mass is 10.1. The van der Waals surface area contributed by atoms with E-state index in [-0.39, 0.29) is 0 Å². The first-order valence-electron chi connectivity index (χ1n) is 7.23. The zero-order valence-corrected chi connectivity index (χ0v) is 12.8. The second-order valence-corrected chi connectivity index (χ2v) is 5.15. The third-order valence-corrected chi connectivity index (χ3v) is 3.59. The van der Waals surface area contributed by atoms with E-state index in [2.05, 4.69) is 5.10 Å². The van der Waals surface area contributed by atoms with Gasteiger partial charge in [0.25, 0.3) is 5.91 Å². The fourth-order valence-electron chi connectivity index (χ4n) is 2.39. The van der Waals surface area contributed by atoms with E-state index in [1.54, 1.807) is 17.9 Å². The summed E-state index contributed by atoms with van der Waals surface area (Å²) in [4.78, 5) is 11.7. The first-order valence-corrected chi connectivity index (χ1v) is 7.23. The van der Waals surface area contributed by atoms with Gasteiger partial charge in [-0.15, -0.1) is 0 Å². The second-order valence-electron chi connectivity index (χ2n) is 5.15. The lowest BCUT2D eigenvalue weighted by Crippen LogP contribution is -2.18. The molecule has 116 valence electrons. The molecular weight excluding hydrogens is 290 g/mol. The highest BCUT2D eigenvalue weighted by Crippen LogP contribution is 2.20. The highest BCUT2D eigenvalue weighted by Gasteiger charge is 2.14. The molecule has 23 heavy (non-hydrogen) atoms. The number of primary amides is 1. The number of carbonyl (C=O) groups excluding carboxylic acids is 1. The lowest BCUT2D eigenvalue weighted by Gasteiger charge is -2.06. The van der Waals surface area contributed by atoms with Gasteiger partial charge in [0.2, 0.25) is 0 Å². The number of ether oxygens (including phenoxy) is 1. The lowest BCUT2D eigenvalue weighted by molar-refractivity contribution is 0.0990. The van der Waals surface area contributed by atoms with Crippen LogP contribution >= 0.6 is 0 Å². The predicted molar refractivity (Wildman–Crippen MR) is 88.3 cm³/mol. The number of amides is 1. The Hall–Kier alpha value is -3.08. The third-order valence-electron chi connectivity index (χ3n) is 3.59. The number of aromatic nitrogens is 2. The normalized spacial score (nSPS) is 10.5. The monoisotopic (exact) mass is 307 g/mol. The standard InChI is InChI=1S/C18H17N3O2/c1-23-15-9-7-13(8-10-15)12-21-17(18(19)22)11-16(20-21)14-5-3-2-4-6-14/h2-11H,12H2,1H3,(H2,19,22). The molecule has 5 nitrogen and oxygen atoms in total. The Bertz CT molecular complexity index is 808. The molecule has 3 rings (SSSR count). The number of hydrogen-bond donors (Lipinski definition) is 1. The molecule has 0 atom stereocenters. The molecule has 0 bridgehead atoms. The van der Waals surface area contributed by atoms with Crippen molar-refractivity contribution in [3.05, 3.63) is 71.9 Å². The maximum Gasteiger partial charge on any atom is 0.267 e. The van der Waals surface area contributed by atoms with Crippen molar-refractivity contribution in [1.29, 1.82) is 0 Å². The minimum atomic E-state index is -0.492. The van der Waals surface area contributed by atoms with Gasteiger partial charge in [-0.1, -0.05) is 42.5 Å². The van der Waals surface area contributed by atoms with Crippen LogP contribution in [0.1, 0.15) is 16.1 Å². The summed E-state index contributed by atoms with van der Waals surface area (Å²) >= 11 is 0. The van der Waals surface area contributed by atoms with Crippen molar-refractivity contribution in [2.45, 2.75) is 6.54 Å². The number of hydrogen-bond acceptors (Lipinski definition) is 3. The van der Waals surface area contributed by atoms with E-state index in [4.69, 9.17) is 10.5 Å². The summed E-state index contributed by atoms with van der Waals surface area (Å²) in [7, 11) is 1.62. The van der Waals surface area contributed by atoms with Crippen LogP contribution in [0.25, 0.3) is 11.3 Å². The summed E-state index contributed by atoms with van der Waals surface area (Å²) in [5.41, 5.74) is 8.56. The smallest absolute Gasteiger partial charge is 0.267 e. The van der Waals surface area contributed by atoms with Crippen LogP contribution < -0.4 is 10.5 Å². The van der Waals surface area contributed by atoms with Gasteiger partial charge in [0, 0.05) is 5.56 Å². The molecule has 0 saturated heterocycles. The van der Waals surface area contributed by atoms with Crippen molar-refractivity contribution in [2.75, 3.05) is 7.11 Å². The topological polar surface area (TPSA) is 70.1 Å². The summed E-state index contributed by atoms with van der Waals surface area (Å²) in [6.45, 7) is 0.467. The Balaban J connectivity index is 1.94. The molecule has 0 aliphatic rings. The van der Waals surface area contributed by atoms with Gasteiger partial charge in [-0.3, -0.25) is 9.48 Å². The molecule has 0 saturated carbocycles. The van der Waals surface area contributed by atoms with Gasteiger partial charge in [-0.25, -0.2) is 0 Å². The number of carbonyl (C=O) groups is 1. The molecule has 0 aliphatic heterocycles. The molecule has 1 heterocycles. The van der Waals surface area contributed by atoms with Crippen LogP contribution in [0.4, 0.5) is 0 Å². The van der Waals surface area contributed by atoms with E-state index in [1.165, 1.54) is 0 Å². The molecule has 0 aliphatic carbocycles. The van der Waals surface area contributed by atoms with Gasteiger partial charge < -0.3 is 10.5 Å². The van der Waals surface area contributed by atoms with Gasteiger partial charge in [0.05, 0.1) is 19.3 Å². The van der Waals surface area contributed by atoms with Crippen LogP contribution in [-0.2, 0) is 6.54 Å². The molecule has 2 aromatic carbocycles. The molecule has 5 heteroatoms. The third kappa shape index (κ3) is 3.23. The minimum Gasteiger partial charge on any atom is -0.497 e. The quantitative estimate of drug-likeness (QED) is 0.788. The Morgan fingerprint density at radius 1 is 1.13 bits per heavy atom. The fraction of sp³-hybridized carbons (Fsp3) is 0.111. The number of nitrogens with zero attached hydrogens (tertiary/aromatic N) is 2. The molecule has 3 aromatic rings. The van der Waals surface area contributed by atoms with Crippen molar-refractivity contribution < 1.29 is 9.53 Å². The van der Waals surface area contributed by atoms with Gasteiger partial charge >= 0.3 is 0 Å². The maximum absolute atomic E-state index is 11.7. The van der Waals surface area contributed by atoms with Gasteiger partial charge in [0.15, 0.2) is 0 Å². The zero-order chi connectivity index (χ0) is 16.2. The Morgan fingerprint density at radius 3 is 2.43 bits per heavy atom. The van der Waals surface area contributed by atoms with Crippen LogP contribution in [0.5, 0.6) is 5.75 Å². The molecule has 1 amide bonds. The van der Waals surface area contributed by atoms with Crippen molar-refractivity contribution in [1.82, 2.24) is 9.78 Å². The maximum atomic E-state index is 11.7. The molecule has 0 spiro atoms. The van der Waals surface area contributed by atoms with Gasteiger partial charge in [-0.2, -0.15) is 5.10 Å². The van der Waals surface area contributed by atoms with Crippen molar-refractivity contribution >= 4 is 5.91 Å². The Labute approximate surface area is 134 Å². The van der Waals surface area contributed by atoms with E-state index >= 15 is 0 Å². The van der Waals surface area contributed by atoms with E-state index in [1.807, 2.05) is 54.6 Å². The van der Waals surface area contributed by atoms with Crippen LogP contribution in [0.15, 0.2) is 60.7 Å². The van der Waals surface area contributed by atoms with Crippen LogP contribution in [-0.4, -0.2) is 22.8 Å². The highest BCUT2D eigenvalue weighted by molar-refractivity contribution is 5.92. The second kappa shape index (κ2) is 6.36. The van der Waals surface area contributed by atoms with Crippen LogP contribution in [0.2, 0.25) is 0 Å². The van der Waals surface area contributed by atoms with Gasteiger partial charge in [0.1, 0.15) is 11.4 Å². The average molecular weight is 307 g/mol. The van der Waals surface area contributed by atoms with Crippen molar-refractivity contribution in [3.63, 3.8) is 0 Å². The number of rotatable bonds is 5. The predicted octanol–water partition coefficient (Wildman–Crippen LogP) is 2.71. The first-order chi connectivity index (χ1) is 11.2. The fourth-order valence-corrected chi connectivity index (χ4v) is 2.39. The minimum absolute atomic E-state index is 0.389. The Kier molecular flexibility index (Phi) is 4.10. The summed E-state index contributed by atoms with van der Waals surface area (Å²) in [6, 6.07) is 19.1. The molecule has 1 aromatic heterocycles. The van der Waals surface area contributed by atoms with E-state index in [9.17, 15) is 4.79 Å². The summed E-state index contributed by atoms with van der Waals surface area (Å²) in [5.74, 6) is 0.294. The first kappa shape index (κ1) is 14.8. The van der Waals surface area contributed by atoms with E-state index in [0.29, 0.717) is 12.2 Å². The average Bonchev–Trinajstić information content (AvgIpc) is 3.00. The van der Waals surface area contributed by atoms with Crippen molar-refractivity contribution in [2.24, 2.45) is 5.73 Å². The summed E-state index contributed by atoms with van der Waals surface area (Å²) < 4.78 is 6.78. The molecule has 0 fully saturated rings. The van der Waals surface area contributed by atoms with Crippen LogP contribution in [0, 0.1) is 0 Å². The molecule has 0 unspecified atom stereocenters. The number of methoxy groups -OCH3 is 1. The largest absolute Gasteiger partial charge is 0.497 e. The number of nitrogens with two attached hydrogens (primary N) is 1.